The number of carbonyl (C=O) groups is 1. The van der Waals surface area contributed by atoms with Crippen LogP contribution in [0.25, 0.3) is 0 Å². The summed E-state index contributed by atoms with van der Waals surface area (Å²) >= 11 is 0. The van der Waals surface area contributed by atoms with Crippen LogP contribution in [0.2, 0.25) is 0 Å². The largest absolute Gasteiger partial charge is 0.472 e. The van der Waals surface area contributed by atoms with Crippen LogP contribution in [0, 0.1) is 0 Å². The van der Waals surface area contributed by atoms with Crippen molar-refractivity contribution < 1.29 is 32.9 Å². The third-order valence-corrected chi connectivity index (χ3v) is 16.0. The normalized spacial score (nSPS) is 14.0. The molecule has 0 saturated heterocycles. The SMILES string of the molecule is CCCCCCC/C=C\C/C=C\CCCCCCCCCCCCCCCCCCCCCCCCCC(=O)NC(COP(=O)(O)OCC[N+](C)(C)C)C(O)/C=C/CC/C=C/CCCCCCCCCCCCCCC. The number of aliphatic hydroxyl groups is 1. The number of allylic oxidation sites excluding steroid dienone is 7. The van der Waals surface area contributed by atoms with Crippen molar-refractivity contribution in [1.29, 1.82) is 0 Å². The van der Waals surface area contributed by atoms with Crippen LogP contribution in [-0.4, -0.2) is 73.4 Å². The van der Waals surface area contributed by atoms with Crippen LogP contribution < -0.4 is 5.32 Å². The van der Waals surface area contributed by atoms with E-state index in [1.165, 1.54) is 257 Å². The number of quaternary nitrogens is 1. The number of likely N-dealkylation sites (N-methyl/N-ethyl adjacent to an activating group) is 1. The molecule has 0 aromatic carbocycles. The minimum atomic E-state index is -4.36. The number of unbranched alkanes of at least 4 members (excludes halogenated alkanes) is 42. The van der Waals surface area contributed by atoms with Crippen molar-refractivity contribution in [1.82, 2.24) is 5.32 Å². The molecule has 0 heterocycles. The highest BCUT2D eigenvalue weighted by Gasteiger charge is 2.28. The number of phosphoric acid groups is 1. The van der Waals surface area contributed by atoms with E-state index in [4.69, 9.17) is 9.05 Å². The first-order valence-corrected chi connectivity index (χ1v) is 34.5. The van der Waals surface area contributed by atoms with E-state index in [2.05, 4.69) is 55.6 Å². The van der Waals surface area contributed by atoms with Crippen molar-refractivity contribution in [2.24, 2.45) is 0 Å². The van der Waals surface area contributed by atoms with Gasteiger partial charge in [-0.1, -0.05) is 300 Å². The molecule has 3 atom stereocenters. The van der Waals surface area contributed by atoms with Gasteiger partial charge in [0, 0.05) is 6.42 Å². The Morgan fingerprint density at radius 2 is 0.763 bits per heavy atom. The minimum absolute atomic E-state index is 0.0574. The second kappa shape index (κ2) is 58.1. The van der Waals surface area contributed by atoms with Crippen molar-refractivity contribution >= 4 is 13.7 Å². The number of nitrogens with zero attached hydrogens (tertiary/aromatic N) is 1. The molecule has 0 aromatic rings. The molecule has 0 saturated carbocycles. The predicted octanol–water partition coefficient (Wildman–Crippen LogP) is 20.7. The molecule has 0 radical (unpaired) electrons. The van der Waals surface area contributed by atoms with Crippen LogP contribution in [0.15, 0.2) is 48.6 Å². The number of amides is 1. The first kappa shape index (κ1) is 74.5. The number of carbonyl (C=O) groups excluding carboxylic acids is 1. The van der Waals surface area contributed by atoms with Gasteiger partial charge in [0.15, 0.2) is 0 Å². The average molecular weight is 1090 g/mol. The van der Waals surface area contributed by atoms with Crippen molar-refractivity contribution in [3.8, 4) is 0 Å². The summed E-state index contributed by atoms with van der Waals surface area (Å²) in [7, 11) is 1.57. The van der Waals surface area contributed by atoms with Gasteiger partial charge in [-0.05, 0) is 64.2 Å². The van der Waals surface area contributed by atoms with Gasteiger partial charge in [0.25, 0.3) is 0 Å². The van der Waals surface area contributed by atoms with Gasteiger partial charge in [-0.15, -0.1) is 0 Å². The van der Waals surface area contributed by atoms with Gasteiger partial charge in [0.1, 0.15) is 13.2 Å². The van der Waals surface area contributed by atoms with Crippen LogP contribution in [0.5, 0.6) is 0 Å². The quantitative estimate of drug-likeness (QED) is 0.0243. The Labute approximate surface area is 473 Å². The molecule has 3 unspecified atom stereocenters. The van der Waals surface area contributed by atoms with Crippen LogP contribution in [0.1, 0.15) is 322 Å². The lowest BCUT2D eigenvalue weighted by Gasteiger charge is -2.25. The van der Waals surface area contributed by atoms with E-state index in [-0.39, 0.29) is 19.1 Å². The topological polar surface area (TPSA) is 105 Å². The third-order valence-electron chi connectivity index (χ3n) is 15.0. The maximum absolute atomic E-state index is 13.0. The molecule has 0 aliphatic heterocycles. The molecule has 0 aromatic heterocycles. The Morgan fingerprint density at radius 1 is 0.447 bits per heavy atom. The van der Waals surface area contributed by atoms with E-state index < -0.39 is 20.0 Å². The summed E-state index contributed by atoms with van der Waals surface area (Å²) < 4.78 is 23.7. The molecule has 0 aliphatic carbocycles. The van der Waals surface area contributed by atoms with E-state index >= 15 is 0 Å². The van der Waals surface area contributed by atoms with Crippen molar-refractivity contribution in [3.63, 3.8) is 0 Å². The Kier molecular flexibility index (Phi) is 56.9. The van der Waals surface area contributed by atoms with Gasteiger partial charge in [-0.3, -0.25) is 13.8 Å². The maximum Gasteiger partial charge on any atom is 0.472 e. The van der Waals surface area contributed by atoms with Gasteiger partial charge in [-0.2, -0.15) is 0 Å². The van der Waals surface area contributed by atoms with Gasteiger partial charge in [-0.25, -0.2) is 4.57 Å². The molecule has 448 valence electrons. The fourth-order valence-corrected chi connectivity index (χ4v) is 10.6. The molecule has 0 spiro atoms. The van der Waals surface area contributed by atoms with Crippen molar-refractivity contribution in [2.75, 3.05) is 40.9 Å². The Hall–Kier alpha value is -1.54. The molecule has 76 heavy (non-hydrogen) atoms. The van der Waals surface area contributed by atoms with Crippen molar-refractivity contribution in [2.45, 2.75) is 334 Å². The zero-order valence-electron chi connectivity index (χ0n) is 51.3. The molecule has 0 bridgehead atoms. The van der Waals surface area contributed by atoms with E-state index in [9.17, 15) is 19.4 Å². The zero-order valence-corrected chi connectivity index (χ0v) is 52.2. The van der Waals surface area contributed by atoms with Gasteiger partial charge < -0.3 is 19.8 Å². The minimum Gasteiger partial charge on any atom is -0.387 e. The van der Waals surface area contributed by atoms with E-state index in [1.807, 2.05) is 27.2 Å². The summed E-state index contributed by atoms with van der Waals surface area (Å²) in [4.78, 5) is 23.4. The standard InChI is InChI=1S/C67H129N2O6P/c1-6-8-10-12-14-16-18-20-22-24-26-27-28-29-30-31-32-33-34-35-36-37-38-39-40-41-43-45-47-49-51-53-55-57-59-61-67(71)68-65(64-75-76(72,73)74-63-62-69(3,4)5)66(70)60-58-56-54-52-50-48-46-44-42-25-23-21-19-17-15-13-11-9-7-2/h18,20,24,26,50,52,58,60,65-66,70H,6-17,19,21-23,25,27-49,51,53-57,59,61-64H2,1-5H3,(H-,68,71,72,73)/p+1/b20-18-,26-24-,52-50+,60-58+. The Bertz CT molecular complexity index is 1380. The third kappa shape index (κ3) is 60.1. The maximum atomic E-state index is 13.0. The molecule has 0 aliphatic rings. The first-order chi connectivity index (χ1) is 37.0. The summed E-state index contributed by atoms with van der Waals surface area (Å²) in [5.74, 6) is -0.181. The van der Waals surface area contributed by atoms with Crippen molar-refractivity contribution in [3.05, 3.63) is 48.6 Å². The molecule has 1 amide bonds. The smallest absolute Gasteiger partial charge is 0.387 e. The van der Waals surface area contributed by atoms with E-state index in [0.29, 0.717) is 17.4 Å². The second-order valence-electron chi connectivity index (χ2n) is 23.8. The molecular weight excluding hydrogens is 960 g/mol. The Balaban J connectivity index is 4.02. The van der Waals surface area contributed by atoms with E-state index in [1.54, 1.807) is 6.08 Å². The second-order valence-corrected chi connectivity index (χ2v) is 25.3. The van der Waals surface area contributed by atoms with Gasteiger partial charge in [0.05, 0.1) is 39.9 Å². The molecule has 3 N–H and O–H groups in total. The lowest BCUT2D eigenvalue weighted by atomic mass is 10.0. The lowest BCUT2D eigenvalue weighted by molar-refractivity contribution is -0.870. The van der Waals surface area contributed by atoms with Crippen LogP contribution in [-0.2, 0) is 18.4 Å². The molecule has 0 rings (SSSR count). The number of hydrogen-bond donors (Lipinski definition) is 3. The van der Waals surface area contributed by atoms with Gasteiger partial charge in [0.2, 0.25) is 5.91 Å². The highest BCUT2D eigenvalue weighted by molar-refractivity contribution is 7.47. The summed E-state index contributed by atoms with van der Waals surface area (Å²) in [5.41, 5.74) is 0. The summed E-state index contributed by atoms with van der Waals surface area (Å²) in [5, 5.41) is 13.9. The highest BCUT2D eigenvalue weighted by atomic mass is 31.2. The molecule has 9 heteroatoms. The zero-order chi connectivity index (χ0) is 55.6. The summed E-state index contributed by atoms with van der Waals surface area (Å²) in [6.45, 7) is 4.82. The molecular formula is C67H130N2O6P+. The predicted molar refractivity (Wildman–Crippen MR) is 332 cm³/mol. The molecule has 0 fully saturated rings. The van der Waals surface area contributed by atoms with Crippen LogP contribution >= 0.6 is 7.82 Å². The number of rotatable bonds is 61. The first-order valence-electron chi connectivity index (χ1n) is 33.0. The van der Waals surface area contributed by atoms with Crippen LogP contribution in [0.4, 0.5) is 0 Å². The molecule has 8 nitrogen and oxygen atoms in total. The number of aliphatic hydroxyl groups excluding tert-OH is 1. The lowest BCUT2D eigenvalue weighted by Crippen LogP contribution is -2.45. The fourth-order valence-electron chi connectivity index (χ4n) is 9.86. The summed E-state index contributed by atoms with van der Waals surface area (Å²) in [6.07, 6.45) is 78.2. The average Bonchev–Trinajstić information content (AvgIpc) is 3.38. The number of phosphoric ester groups is 1. The van der Waals surface area contributed by atoms with Crippen LogP contribution in [0.3, 0.4) is 0 Å². The number of hydrogen-bond acceptors (Lipinski definition) is 5. The fraction of sp³-hybridized carbons (Fsp3) is 0.866. The summed E-state index contributed by atoms with van der Waals surface area (Å²) in [6, 6.07) is -0.863. The number of nitrogens with one attached hydrogen (secondary N) is 1. The van der Waals surface area contributed by atoms with Gasteiger partial charge >= 0.3 is 7.82 Å². The van der Waals surface area contributed by atoms with E-state index in [0.717, 1.165) is 44.9 Å². The highest BCUT2D eigenvalue weighted by Crippen LogP contribution is 2.43. The monoisotopic (exact) mass is 1090 g/mol. The Morgan fingerprint density at radius 3 is 1.13 bits per heavy atom.